The summed E-state index contributed by atoms with van der Waals surface area (Å²) in [6.07, 6.45) is 0.408. The molecule has 5 heteroatoms. The summed E-state index contributed by atoms with van der Waals surface area (Å²) < 4.78 is 5.58. The molecule has 0 fully saturated rings. The number of carbonyl (C=O) groups is 2. The van der Waals surface area contributed by atoms with E-state index in [1.165, 1.54) is 14.0 Å². The Hall–Kier alpha value is -1.36. The van der Waals surface area contributed by atoms with Crippen molar-refractivity contribution in [2.45, 2.75) is 19.4 Å². The van der Waals surface area contributed by atoms with Crippen molar-refractivity contribution in [3.05, 3.63) is 34.3 Å². The topological polar surface area (TPSA) is 55.4 Å². The number of esters is 1. The van der Waals surface area contributed by atoms with Crippen LogP contribution in [0.3, 0.4) is 0 Å². The van der Waals surface area contributed by atoms with Gasteiger partial charge >= 0.3 is 5.97 Å². The molecule has 0 aromatic heterocycles. The van der Waals surface area contributed by atoms with Gasteiger partial charge in [0.1, 0.15) is 6.04 Å². The van der Waals surface area contributed by atoms with Gasteiger partial charge in [-0.15, -0.1) is 0 Å². The van der Waals surface area contributed by atoms with Crippen LogP contribution in [0.2, 0.25) is 0 Å². The summed E-state index contributed by atoms with van der Waals surface area (Å²) in [5, 5.41) is 2.57. The highest BCUT2D eigenvalue weighted by molar-refractivity contribution is 9.10. The molecular weight excluding hydrogens is 286 g/mol. The van der Waals surface area contributed by atoms with Crippen LogP contribution in [0.5, 0.6) is 0 Å². The van der Waals surface area contributed by atoms with Crippen molar-refractivity contribution in [3.8, 4) is 0 Å². The van der Waals surface area contributed by atoms with Gasteiger partial charge in [0.05, 0.1) is 7.11 Å². The second-order valence-electron chi connectivity index (χ2n) is 3.61. The van der Waals surface area contributed by atoms with Gasteiger partial charge in [0, 0.05) is 17.8 Å². The Morgan fingerprint density at radius 3 is 2.71 bits per heavy atom. The predicted molar refractivity (Wildman–Crippen MR) is 67.5 cm³/mol. The molecule has 1 N–H and O–H groups in total. The first kappa shape index (κ1) is 13.7. The third-order valence-electron chi connectivity index (χ3n) is 2.19. The lowest BCUT2D eigenvalue weighted by atomic mass is 10.1. The normalized spacial score (nSPS) is 11.7. The van der Waals surface area contributed by atoms with Gasteiger partial charge in [-0.05, 0) is 17.7 Å². The standard InChI is InChI=1S/C12H14BrNO3/c1-8(15)14-11(12(16)17-2)7-9-4-3-5-10(13)6-9/h3-6,11H,7H2,1-2H3,(H,14,15). The van der Waals surface area contributed by atoms with E-state index in [2.05, 4.69) is 26.0 Å². The van der Waals surface area contributed by atoms with E-state index < -0.39 is 12.0 Å². The Morgan fingerprint density at radius 2 is 2.18 bits per heavy atom. The van der Waals surface area contributed by atoms with Crippen molar-refractivity contribution in [1.29, 1.82) is 0 Å². The first-order valence-corrected chi connectivity index (χ1v) is 5.91. The van der Waals surface area contributed by atoms with Crippen LogP contribution in [0.15, 0.2) is 28.7 Å². The second-order valence-corrected chi connectivity index (χ2v) is 4.53. The molecule has 0 bridgehead atoms. The molecule has 0 heterocycles. The van der Waals surface area contributed by atoms with Crippen LogP contribution in [0.1, 0.15) is 12.5 Å². The van der Waals surface area contributed by atoms with Crippen LogP contribution in [0, 0.1) is 0 Å². The van der Waals surface area contributed by atoms with Crippen molar-refractivity contribution >= 4 is 27.8 Å². The Balaban J connectivity index is 2.78. The van der Waals surface area contributed by atoms with Gasteiger partial charge in [0.25, 0.3) is 0 Å². The van der Waals surface area contributed by atoms with E-state index >= 15 is 0 Å². The molecule has 1 aromatic rings. The Kier molecular flexibility index (Phi) is 5.15. The number of carbonyl (C=O) groups excluding carboxylic acids is 2. The molecule has 1 unspecified atom stereocenters. The predicted octanol–water partition coefficient (Wildman–Crippen LogP) is 1.67. The highest BCUT2D eigenvalue weighted by Crippen LogP contribution is 2.13. The number of halogens is 1. The van der Waals surface area contributed by atoms with Crippen molar-refractivity contribution in [2.75, 3.05) is 7.11 Å². The van der Waals surface area contributed by atoms with Crippen LogP contribution < -0.4 is 5.32 Å². The van der Waals surface area contributed by atoms with E-state index in [9.17, 15) is 9.59 Å². The molecule has 0 aliphatic carbocycles. The van der Waals surface area contributed by atoms with Crippen LogP contribution >= 0.6 is 15.9 Å². The molecule has 0 aliphatic rings. The lowest BCUT2D eigenvalue weighted by molar-refractivity contribution is -0.144. The molecule has 1 aromatic carbocycles. The van der Waals surface area contributed by atoms with Crippen LogP contribution in [-0.2, 0) is 20.7 Å². The quantitative estimate of drug-likeness (QED) is 0.861. The zero-order chi connectivity index (χ0) is 12.8. The zero-order valence-electron chi connectivity index (χ0n) is 9.70. The smallest absolute Gasteiger partial charge is 0.328 e. The van der Waals surface area contributed by atoms with Crippen molar-refractivity contribution in [2.24, 2.45) is 0 Å². The van der Waals surface area contributed by atoms with Gasteiger partial charge in [0.15, 0.2) is 0 Å². The number of rotatable bonds is 4. The Morgan fingerprint density at radius 1 is 1.47 bits per heavy atom. The molecule has 1 rings (SSSR count). The highest BCUT2D eigenvalue weighted by Gasteiger charge is 2.20. The lowest BCUT2D eigenvalue weighted by Gasteiger charge is -2.15. The van der Waals surface area contributed by atoms with E-state index in [0.717, 1.165) is 10.0 Å². The molecule has 1 atom stereocenters. The minimum Gasteiger partial charge on any atom is -0.467 e. The Bertz CT molecular complexity index is 420. The molecular formula is C12H14BrNO3. The minimum absolute atomic E-state index is 0.254. The summed E-state index contributed by atoms with van der Waals surface area (Å²) in [5.41, 5.74) is 0.948. The average molecular weight is 300 g/mol. The summed E-state index contributed by atoms with van der Waals surface area (Å²) >= 11 is 3.35. The van der Waals surface area contributed by atoms with Gasteiger partial charge in [-0.1, -0.05) is 28.1 Å². The summed E-state index contributed by atoms with van der Waals surface area (Å²) in [6.45, 7) is 1.37. The Labute approximate surface area is 108 Å². The van der Waals surface area contributed by atoms with E-state index in [1.54, 1.807) is 0 Å². The van der Waals surface area contributed by atoms with Gasteiger partial charge < -0.3 is 10.1 Å². The minimum atomic E-state index is -0.646. The third-order valence-corrected chi connectivity index (χ3v) is 2.69. The molecule has 0 aliphatic heterocycles. The summed E-state index contributed by atoms with van der Waals surface area (Å²) in [7, 11) is 1.30. The number of hydrogen-bond acceptors (Lipinski definition) is 3. The van der Waals surface area contributed by atoms with Crippen molar-refractivity contribution < 1.29 is 14.3 Å². The first-order valence-electron chi connectivity index (χ1n) is 5.12. The fourth-order valence-electron chi connectivity index (χ4n) is 1.48. The average Bonchev–Trinajstić information content (AvgIpc) is 2.26. The highest BCUT2D eigenvalue weighted by atomic mass is 79.9. The summed E-state index contributed by atoms with van der Waals surface area (Å²) in [6, 6.07) is 6.92. The van der Waals surface area contributed by atoms with Crippen LogP contribution in [0.4, 0.5) is 0 Å². The van der Waals surface area contributed by atoms with Gasteiger partial charge in [-0.25, -0.2) is 4.79 Å². The number of methoxy groups -OCH3 is 1. The monoisotopic (exact) mass is 299 g/mol. The van der Waals surface area contributed by atoms with Gasteiger partial charge in [0.2, 0.25) is 5.91 Å². The maximum atomic E-state index is 11.5. The van der Waals surface area contributed by atoms with E-state index in [0.29, 0.717) is 6.42 Å². The fourth-order valence-corrected chi connectivity index (χ4v) is 1.93. The number of amides is 1. The SMILES string of the molecule is COC(=O)C(Cc1cccc(Br)c1)NC(C)=O. The second kappa shape index (κ2) is 6.39. The van der Waals surface area contributed by atoms with Crippen LogP contribution in [-0.4, -0.2) is 25.0 Å². The first-order chi connectivity index (χ1) is 8.02. The molecule has 0 spiro atoms. The summed E-state index contributed by atoms with van der Waals surface area (Å²) in [5.74, 6) is -0.699. The molecule has 0 saturated heterocycles. The number of benzene rings is 1. The number of hydrogen-bond donors (Lipinski definition) is 1. The summed E-state index contributed by atoms with van der Waals surface area (Å²) in [4.78, 5) is 22.5. The van der Waals surface area contributed by atoms with E-state index in [1.807, 2.05) is 24.3 Å². The molecule has 0 radical (unpaired) electrons. The van der Waals surface area contributed by atoms with Crippen LogP contribution in [0.25, 0.3) is 0 Å². The maximum absolute atomic E-state index is 11.5. The van der Waals surface area contributed by atoms with Gasteiger partial charge in [-0.3, -0.25) is 4.79 Å². The van der Waals surface area contributed by atoms with Gasteiger partial charge in [-0.2, -0.15) is 0 Å². The lowest BCUT2D eigenvalue weighted by Crippen LogP contribution is -2.41. The number of nitrogens with one attached hydrogen (secondary N) is 1. The van der Waals surface area contributed by atoms with E-state index in [-0.39, 0.29) is 5.91 Å². The fraction of sp³-hybridized carbons (Fsp3) is 0.333. The molecule has 4 nitrogen and oxygen atoms in total. The molecule has 0 saturated carbocycles. The maximum Gasteiger partial charge on any atom is 0.328 e. The zero-order valence-corrected chi connectivity index (χ0v) is 11.3. The molecule has 17 heavy (non-hydrogen) atoms. The van der Waals surface area contributed by atoms with Crippen molar-refractivity contribution in [3.63, 3.8) is 0 Å². The number of ether oxygens (including phenoxy) is 1. The largest absolute Gasteiger partial charge is 0.467 e. The van der Waals surface area contributed by atoms with Crippen molar-refractivity contribution in [1.82, 2.24) is 5.32 Å². The van der Waals surface area contributed by atoms with E-state index in [4.69, 9.17) is 0 Å². The third kappa shape index (κ3) is 4.56. The molecule has 1 amide bonds. The molecule has 92 valence electrons.